The molecule has 20 heavy (non-hydrogen) atoms. The Kier molecular flexibility index (Phi) is 4.43. The molecule has 3 rings (SSSR count). The Labute approximate surface area is 120 Å². The highest BCUT2D eigenvalue weighted by molar-refractivity contribution is 5.44. The van der Waals surface area contributed by atoms with Gasteiger partial charge in [0.1, 0.15) is 13.2 Å². The molecule has 1 aromatic carbocycles. The van der Waals surface area contributed by atoms with E-state index in [1.165, 1.54) is 37.9 Å². The second kappa shape index (κ2) is 6.46. The molecule has 0 radical (unpaired) electrons. The molecule has 1 unspecified atom stereocenters. The largest absolute Gasteiger partial charge is 0.486 e. The number of fused-ring (bicyclic) bond motifs is 1. The van der Waals surface area contributed by atoms with Gasteiger partial charge in [-0.3, -0.25) is 4.90 Å². The van der Waals surface area contributed by atoms with Gasteiger partial charge in [0.15, 0.2) is 11.5 Å². The fourth-order valence-corrected chi connectivity index (χ4v) is 3.13. The lowest BCUT2D eigenvalue weighted by Gasteiger charge is -2.34. The Hall–Kier alpha value is -1.26. The molecule has 0 bridgehead atoms. The highest BCUT2D eigenvalue weighted by atomic mass is 16.6. The van der Waals surface area contributed by atoms with E-state index in [2.05, 4.69) is 17.0 Å². The highest BCUT2D eigenvalue weighted by Crippen LogP contribution is 2.31. The average molecular weight is 276 g/mol. The van der Waals surface area contributed by atoms with Crippen LogP contribution in [0.25, 0.3) is 0 Å². The maximum Gasteiger partial charge on any atom is 0.161 e. The van der Waals surface area contributed by atoms with E-state index >= 15 is 0 Å². The number of nitrogens with zero attached hydrogens (tertiary/aromatic N) is 1. The predicted molar refractivity (Wildman–Crippen MR) is 79.4 cm³/mol. The Balaban J connectivity index is 1.68. The van der Waals surface area contributed by atoms with Gasteiger partial charge in [0.05, 0.1) is 0 Å². The summed E-state index contributed by atoms with van der Waals surface area (Å²) in [6, 6.07) is 6.72. The highest BCUT2D eigenvalue weighted by Gasteiger charge is 2.20. The van der Waals surface area contributed by atoms with Crippen molar-refractivity contribution in [1.82, 2.24) is 4.90 Å². The van der Waals surface area contributed by atoms with Gasteiger partial charge in [0.2, 0.25) is 0 Å². The first-order valence-electron chi connectivity index (χ1n) is 7.69. The second-order valence-electron chi connectivity index (χ2n) is 5.67. The number of ether oxygens (including phenoxy) is 2. The van der Waals surface area contributed by atoms with E-state index in [4.69, 9.17) is 15.2 Å². The van der Waals surface area contributed by atoms with Gasteiger partial charge in [-0.1, -0.05) is 12.5 Å². The quantitative estimate of drug-likeness (QED) is 0.911. The molecule has 2 heterocycles. The number of nitrogens with two attached hydrogens (primary N) is 1. The molecule has 110 valence electrons. The molecule has 2 aliphatic heterocycles. The minimum atomic E-state index is 0.442. The van der Waals surface area contributed by atoms with Gasteiger partial charge in [-0.2, -0.15) is 0 Å². The van der Waals surface area contributed by atoms with Crippen molar-refractivity contribution in [3.05, 3.63) is 23.8 Å². The number of likely N-dealkylation sites (tertiary alicyclic amines) is 1. The molecule has 4 nitrogen and oxygen atoms in total. The summed E-state index contributed by atoms with van der Waals surface area (Å²) in [6.45, 7) is 4.38. The summed E-state index contributed by atoms with van der Waals surface area (Å²) in [5, 5.41) is 0. The van der Waals surface area contributed by atoms with Crippen molar-refractivity contribution in [3.8, 4) is 11.5 Å². The normalized spacial score (nSPS) is 20.6. The van der Waals surface area contributed by atoms with E-state index in [-0.39, 0.29) is 0 Å². The van der Waals surface area contributed by atoms with Gasteiger partial charge in [0, 0.05) is 12.6 Å². The second-order valence-corrected chi connectivity index (χ2v) is 5.67. The van der Waals surface area contributed by atoms with E-state index in [1.807, 2.05) is 6.07 Å². The van der Waals surface area contributed by atoms with Crippen molar-refractivity contribution >= 4 is 0 Å². The van der Waals surface area contributed by atoms with Gasteiger partial charge < -0.3 is 15.2 Å². The van der Waals surface area contributed by atoms with E-state index in [0.717, 1.165) is 17.9 Å². The van der Waals surface area contributed by atoms with Gasteiger partial charge in [0.25, 0.3) is 0 Å². The number of benzene rings is 1. The Bertz CT molecular complexity index is 444. The van der Waals surface area contributed by atoms with E-state index in [0.29, 0.717) is 25.8 Å². The fraction of sp³-hybridized carbons (Fsp3) is 0.625. The first-order valence-corrected chi connectivity index (χ1v) is 7.69. The molecule has 4 heteroatoms. The zero-order valence-electron chi connectivity index (χ0n) is 12.0. The van der Waals surface area contributed by atoms with Crippen LogP contribution in [0.3, 0.4) is 0 Å². The van der Waals surface area contributed by atoms with Crippen molar-refractivity contribution in [1.29, 1.82) is 0 Å². The summed E-state index contributed by atoms with van der Waals surface area (Å²) in [7, 11) is 0. The molecule has 1 aromatic rings. The third-order valence-corrected chi connectivity index (χ3v) is 4.26. The van der Waals surface area contributed by atoms with Gasteiger partial charge >= 0.3 is 0 Å². The van der Waals surface area contributed by atoms with Gasteiger partial charge in [-0.15, -0.1) is 0 Å². The molecule has 0 spiro atoms. The van der Waals surface area contributed by atoms with Crippen molar-refractivity contribution < 1.29 is 9.47 Å². The molecule has 2 aliphatic rings. The lowest BCUT2D eigenvalue weighted by Crippen LogP contribution is -2.44. The maximum atomic E-state index is 5.99. The van der Waals surface area contributed by atoms with Crippen LogP contribution in [-0.4, -0.2) is 43.8 Å². The average Bonchev–Trinajstić information content (AvgIpc) is 2.53. The Morgan fingerprint density at radius 3 is 2.55 bits per heavy atom. The minimum Gasteiger partial charge on any atom is -0.486 e. The summed E-state index contributed by atoms with van der Waals surface area (Å²) < 4.78 is 11.2. The van der Waals surface area contributed by atoms with E-state index < -0.39 is 0 Å². The van der Waals surface area contributed by atoms with Crippen molar-refractivity contribution in [2.24, 2.45) is 5.73 Å². The van der Waals surface area contributed by atoms with Crippen LogP contribution in [0, 0.1) is 0 Å². The summed E-state index contributed by atoms with van der Waals surface area (Å²) in [5.74, 6) is 1.74. The summed E-state index contributed by atoms with van der Waals surface area (Å²) in [6.07, 6.45) is 4.96. The smallest absolute Gasteiger partial charge is 0.161 e. The molecule has 0 aliphatic carbocycles. The number of hydrogen-bond acceptors (Lipinski definition) is 4. The van der Waals surface area contributed by atoms with Crippen molar-refractivity contribution in [2.75, 3.05) is 32.8 Å². The third kappa shape index (κ3) is 3.07. The lowest BCUT2D eigenvalue weighted by molar-refractivity contribution is 0.164. The fourth-order valence-electron chi connectivity index (χ4n) is 3.13. The molecule has 0 saturated carbocycles. The maximum absolute atomic E-state index is 5.99. The zero-order valence-corrected chi connectivity index (χ0v) is 12.0. The van der Waals surface area contributed by atoms with E-state index in [9.17, 15) is 0 Å². The summed E-state index contributed by atoms with van der Waals surface area (Å²) in [5.41, 5.74) is 7.28. The molecular weight excluding hydrogens is 252 g/mol. The first kappa shape index (κ1) is 13.7. The molecule has 1 saturated heterocycles. The SMILES string of the molecule is NCC(Cc1ccc2c(c1)OCCO2)N1CCCCC1. The minimum absolute atomic E-state index is 0.442. The molecule has 1 atom stereocenters. The lowest BCUT2D eigenvalue weighted by atomic mass is 10.0. The van der Waals surface area contributed by atoms with Gasteiger partial charge in [-0.05, 0) is 50.0 Å². The first-order chi connectivity index (χ1) is 9.86. The summed E-state index contributed by atoms with van der Waals surface area (Å²) in [4.78, 5) is 2.54. The molecule has 1 fully saturated rings. The summed E-state index contributed by atoms with van der Waals surface area (Å²) >= 11 is 0. The van der Waals surface area contributed by atoms with Gasteiger partial charge in [-0.25, -0.2) is 0 Å². The Morgan fingerprint density at radius 2 is 1.80 bits per heavy atom. The van der Waals surface area contributed by atoms with Crippen LogP contribution in [0.5, 0.6) is 11.5 Å². The molecular formula is C16H24N2O2. The van der Waals surface area contributed by atoms with Crippen LogP contribution in [0.1, 0.15) is 24.8 Å². The van der Waals surface area contributed by atoms with Crippen molar-refractivity contribution in [3.63, 3.8) is 0 Å². The van der Waals surface area contributed by atoms with Crippen LogP contribution in [0.2, 0.25) is 0 Å². The zero-order chi connectivity index (χ0) is 13.8. The van der Waals surface area contributed by atoms with Crippen LogP contribution in [0.15, 0.2) is 18.2 Å². The van der Waals surface area contributed by atoms with Crippen LogP contribution in [0.4, 0.5) is 0 Å². The van der Waals surface area contributed by atoms with E-state index in [1.54, 1.807) is 0 Å². The number of rotatable bonds is 4. The number of piperidine rings is 1. The molecule has 2 N–H and O–H groups in total. The monoisotopic (exact) mass is 276 g/mol. The van der Waals surface area contributed by atoms with Crippen LogP contribution >= 0.6 is 0 Å². The van der Waals surface area contributed by atoms with Crippen LogP contribution < -0.4 is 15.2 Å². The third-order valence-electron chi connectivity index (χ3n) is 4.26. The molecule has 0 aromatic heterocycles. The predicted octanol–water partition coefficient (Wildman–Crippen LogP) is 1.81. The number of hydrogen-bond donors (Lipinski definition) is 1. The molecule has 0 amide bonds. The van der Waals surface area contributed by atoms with Crippen LogP contribution in [-0.2, 0) is 6.42 Å². The van der Waals surface area contributed by atoms with Crippen molar-refractivity contribution in [2.45, 2.75) is 31.7 Å². The Morgan fingerprint density at radius 1 is 1.05 bits per heavy atom. The standard InChI is InChI=1S/C16H24N2O2/c17-12-14(18-6-2-1-3-7-18)10-13-4-5-15-16(11-13)20-9-8-19-15/h4-5,11,14H,1-3,6-10,12,17H2. The topological polar surface area (TPSA) is 47.7 Å².